The molecule has 1 fully saturated rings. The van der Waals surface area contributed by atoms with Crippen molar-refractivity contribution in [1.29, 1.82) is 0 Å². The van der Waals surface area contributed by atoms with Gasteiger partial charge in [0.05, 0.1) is 6.10 Å². The Bertz CT molecular complexity index is 616. The van der Waals surface area contributed by atoms with Crippen LogP contribution >= 0.6 is 0 Å². The topological polar surface area (TPSA) is 50.4 Å². The van der Waals surface area contributed by atoms with Gasteiger partial charge in [-0.3, -0.25) is 0 Å². The molecule has 2 aromatic rings. The highest BCUT2D eigenvalue weighted by Gasteiger charge is 2.29. The van der Waals surface area contributed by atoms with Crippen molar-refractivity contribution in [2.75, 3.05) is 13.2 Å². The lowest BCUT2D eigenvalue weighted by Crippen LogP contribution is -2.38. The normalized spacial score (nSPS) is 20.2. The van der Waals surface area contributed by atoms with Crippen LogP contribution in [0, 0.1) is 5.92 Å². The number of rotatable bonds is 5. The second kappa shape index (κ2) is 7.79. The molecule has 0 bridgehead atoms. The number of amides is 2. The molecule has 0 radical (unpaired) electrons. The molecule has 4 heteroatoms. The van der Waals surface area contributed by atoms with Crippen molar-refractivity contribution in [2.45, 2.75) is 19.1 Å². The first-order chi connectivity index (χ1) is 11.3. The van der Waals surface area contributed by atoms with Gasteiger partial charge >= 0.3 is 6.03 Å². The molecular formula is C19H22N2O2. The molecule has 0 unspecified atom stereocenters. The van der Waals surface area contributed by atoms with Crippen LogP contribution < -0.4 is 10.6 Å². The molecule has 4 nitrogen and oxygen atoms in total. The minimum Gasteiger partial charge on any atom is -0.373 e. The highest BCUT2D eigenvalue weighted by atomic mass is 16.5. The summed E-state index contributed by atoms with van der Waals surface area (Å²) in [5.74, 6) is 0.319. The third kappa shape index (κ3) is 4.33. The molecule has 1 aliphatic heterocycles. The molecule has 3 rings (SSSR count). The van der Waals surface area contributed by atoms with Crippen LogP contribution in [0.15, 0.2) is 60.7 Å². The molecule has 2 N–H and O–H groups in total. The number of hydrogen-bond acceptors (Lipinski definition) is 2. The van der Waals surface area contributed by atoms with Crippen molar-refractivity contribution in [2.24, 2.45) is 5.92 Å². The predicted octanol–water partition coefficient (Wildman–Crippen LogP) is 3.26. The zero-order chi connectivity index (χ0) is 15.9. The minimum absolute atomic E-state index is 0.0747. The fourth-order valence-corrected chi connectivity index (χ4v) is 2.92. The quantitative estimate of drug-likeness (QED) is 0.890. The lowest BCUT2D eigenvalue weighted by Gasteiger charge is -2.19. The molecule has 23 heavy (non-hydrogen) atoms. The summed E-state index contributed by atoms with van der Waals surface area (Å²) in [5.41, 5.74) is 2.27. The molecule has 0 saturated carbocycles. The van der Waals surface area contributed by atoms with Gasteiger partial charge in [0, 0.05) is 25.6 Å². The Kier molecular flexibility index (Phi) is 5.27. The zero-order valence-corrected chi connectivity index (χ0v) is 13.1. The Labute approximate surface area is 136 Å². The van der Waals surface area contributed by atoms with Gasteiger partial charge in [-0.2, -0.15) is 0 Å². The summed E-state index contributed by atoms with van der Waals surface area (Å²) in [6.45, 7) is 1.91. The van der Waals surface area contributed by atoms with Crippen LogP contribution in [0.4, 0.5) is 4.79 Å². The van der Waals surface area contributed by atoms with Crippen LogP contribution in [0.25, 0.3) is 0 Å². The summed E-state index contributed by atoms with van der Waals surface area (Å²) in [6.07, 6.45) is 1.05. The monoisotopic (exact) mass is 310 g/mol. The first-order valence-corrected chi connectivity index (χ1v) is 8.05. The van der Waals surface area contributed by atoms with Gasteiger partial charge in [0.2, 0.25) is 0 Å². The summed E-state index contributed by atoms with van der Waals surface area (Å²) < 4.78 is 5.84. The Balaban J connectivity index is 1.46. The Hall–Kier alpha value is -2.33. The van der Waals surface area contributed by atoms with Crippen molar-refractivity contribution in [3.63, 3.8) is 0 Å². The van der Waals surface area contributed by atoms with Crippen LogP contribution in [0.1, 0.15) is 23.7 Å². The Morgan fingerprint density at radius 3 is 2.43 bits per heavy atom. The van der Waals surface area contributed by atoms with E-state index in [1.807, 2.05) is 48.5 Å². The van der Waals surface area contributed by atoms with Gasteiger partial charge < -0.3 is 15.4 Å². The zero-order valence-electron chi connectivity index (χ0n) is 13.1. The number of hydrogen-bond donors (Lipinski definition) is 2. The summed E-state index contributed by atoms with van der Waals surface area (Å²) in [7, 11) is 0. The van der Waals surface area contributed by atoms with Crippen LogP contribution in [0.3, 0.4) is 0 Å². The second-order valence-electron chi connectivity index (χ2n) is 5.80. The van der Waals surface area contributed by atoms with Gasteiger partial charge in [-0.1, -0.05) is 60.7 Å². The summed E-state index contributed by atoms with van der Waals surface area (Å²) in [6, 6.07) is 20.0. The van der Waals surface area contributed by atoms with Crippen molar-refractivity contribution in [3.8, 4) is 0 Å². The molecule has 1 heterocycles. The largest absolute Gasteiger partial charge is 0.373 e. The van der Waals surface area contributed by atoms with E-state index in [1.165, 1.54) is 5.56 Å². The summed E-state index contributed by atoms with van der Waals surface area (Å²) in [4.78, 5) is 12.0. The standard InChI is InChI=1S/C19H22N2O2/c22-19(20-13-15-7-3-1-4-8-15)21-14-17-11-12-23-18(17)16-9-5-2-6-10-16/h1-10,17-18H,11-14H2,(H2,20,21,22)/t17-,18-/m1/s1. The van der Waals surface area contributed by atoms with Gasteiger partial charge in [-0.15, -0.1) is 0 Å². The van der Waals surface area contributed by atoms with E-state index in [1.54, 1.807) is 0 Å². The van der Waals surface area contributed by atoms with Gasteiger partial charge in [-0.25, -0.2) is 4.79 Å². The lowest BCUT2D eigenvalue weighted by atomic mass is 9.95. The summed E-state index contributed by atoms with van der Waals surface area (Å²) in [5, 5.41) is 5.85. The molecular weight excluding hydrogens is 288 g/mol. The number of carbonyl (C=O) groups is 1. The van der Waals surface area contributed by atoms with E-state index in [0.29, 0.717) is 19.0 Å². The van der Waals surface area contributed by atoms with E-state index in [9.17, 15) is 4.79 Å². The van der Waals surface area contributed by atoms with Crippen LogP contribution in [0.5, 0.6) is 0 Å². The van der Waals surface area contributed by atoms with E-state index in [4.69, 9.17) is 4.74 Å². The van der Waals surface area contributed by atoms with E-state index in [2.05, 4.69) is 22.8 Å². The van der Waals surface area contributed by atoms with Crippen molar-refractivity contribution in [1.82, 2.24) is 10.6 Å². The van der Waals surface area contributed by atoms with E-state index < -0.39 is 0 Å². The molecule has 2 aromatic carbocycles. The van der Waals surface area contributed by atoms with Crippen molar-refractivity contribution in [3.05, 3.63) is 71.8 Å². The summed E-state index contributed by atoms with van der Waals surface area (Å²) >= 11 is 0. The molecule has 1 saturated heterocycles. The molecule has 2 atom stereocenters. The first kappa shape index (κ1) is 15.6. The third-order valence-corrected chi connectivity index (χ3v) is 4.16. The second-order valence-corrected chi connectivity index (χ2v) is 5.80. The van der Waals surface area contributed by atoms with Gasteiger partial charge in [-0.05, 0) is 17.5 Å². The van der Waals surface area contributed by atoms with Crippen LogP contribution in [0.2, 0.25) is 0 Å². The smallest absolute Gasteiger partial charge is 0.315 e. The average molecular weight is 310 g/mol. The minimum atomic E-state index is -0.132. The molecule has 1 aliphatic rings. The first-order valence-electron chi connectivity index (χ1n) is 8.05. The van der Waals surface area contributed by atoms with Crippen molar-refractivity contribution >= 4 is 6.03 Å². The highest BCUT2D eigenvalue weighted by Crippen LogP contribution is 2.33. The maximum Gasteiger partial charge on any atom is 0.315 e. The van der Waals surface area contributed by atoms with Crippen LogP contribution in [-0.4, -0.2) is 19.2 Å². The van der Waals surface area contributed by atoms with Gasteiger partial charge in [0.15, 0.2) is 0 Å². The Morgan fingerprint density at radius 1 is 1.00 bits per heavy atom. The molecule has 120 valence electrons. The van der Waals surface area contributed by atoms with E-state index >= 15 is 0 Å². The molecule has 0 aromatic heterocycles. The average Bonchev–Trinajstić information content (AvgIpc) is 3.08. The SMILES string of the molecule is O=C(NCc1ccccc1)NC[C@H]1CCO[C@@H]1c1ccccc1. The van der Waals surface area contributed by atoms with Gasteiger partial charge in [0.1, 0.15) is 0 Å². The fraction of sp³-hybridized carbons (Fsp3) is 0.316. The van der Waals surface area contributed by atoms with E-state index in [0.717, 1.165) is 18.6 Å². The maximum absolute atomic E-state index is 12.0. The van der Waals surface area contributed by atoms with Crippen LogP contribution in [-0.2, 0) is 11.3 Å². The number of urea groups is 1. The third-order valence-electron chi connectivity index (χ3n) is 4.16. The highest BCUT2D eigenvalue weighted by molar-refractivity contribution is 5.73. The number of carbonyl (C=O) groups excluding carboxylic acids is 1. The predicted molar refractivity (Wildman–Crippen MR) is 89.9 cm³/mol. The Morgan fingerprint density at radius 2 is 1.70 bits per heavy atom. The number of benzene rings is 2. The molecule has 2 amide bonds. The molecule has 0 aliphatic carbocycles. The lowest BCUT2D eigenvalue weighted by molar-refractivity contribution is 0.0910. The number of ether oxygens (including phenoxy) is 1. The van der Waals surface area contributed by atoms with Gasteiger partial charge in [0.25, 0.3) is 0 Å². The molecule has 0 spiro atoms. The number of nitrogens with one attached hydrogen (secondary N) is 2. The maximum atomic E-state index is 12.0. The van der Waals surface area contributed by atoms with Crippen molar-refractivity contribution < 1.29 is 9.53 Å². The fourth-order valence-electron chi connectivity index (χ4n) is 2.92. The van der Waals surface area contributed by atoms with E-state index in [-0.39, 0.29) is 12.1 Å².